The van der Waals surface area contributed by atoms with Crippen molar-refractivity contribution in [2.24, 2.45) is 0 Å². The smallest absolute Gasteiger partial charge is 0.328 e. The second-order valence-electron chi connectivity index (χ2n) is 4.30. The summed E-state index contributed by atoms with van der Waals surface area (Å²) in [5.41, 5.74) is 0. The molecule has 0 aliphatic heterocycles. The Balaban J connectivity index is 2.25. The molecule has 0 unspecified atom stereocenters. The highest BCUT2D eigenvalue weighted by Crippen LogP contribution is 2.19. The van der Waals surface area contributed by atoms with E-state index in [2.05, 4.69) is 25.4 Å². The first-order chi connectivity index (χ1) is 9.62. The van der Waals surface area contributed by atoms with Gasteiger partial charge in [0, 0.05) is 27.2 Å². The minimum atomic E-state index is 0.246. The molecule has 2 aromatic heterocycles. The van der Waals surface area contributed by atoms with Gasteiger partial charge in [0.25, 0.3) is 0 Å². The number of nitrogens with zero attached hydrogens (tertiary/aromatic N) is 6. The van der Waals surface area contributed by atoms with Crippen molar-refractivity contribution >= 4 is 11.9 Å². The lowest BCUT2D eigenvalue weighted by molar-refractivity contribution is 0.439. The van der Waals surface area contributed by atoms with E-state index in [0.717, 1.165) is 13.1 Å². The Labute approximate surface area is 117 Å². The second kappa shape index (κ2) is 6.18. The van der Waals surface area contributed by atoms with Crippen molar-refractivity contribution in [2.75, 3.05) is 30.9 Å². The Morgan fingerprint density at radius 2 is 2.05 bits per heavy atom. The van der Waals surface area contributed by atoms with Crippen LogP contribution in [0.2, 0.25) is 0 Å². The second-order valence-corrected chi connectivity index (χ2v) is 4.30. The van der Waals surface area contributed by atoms with Gasteiger partial charge in [-0.2, -0.15) is 20.1 Å². The van der Waals surface area contributed by atoms with E-state index in [0.29, 0.717) is 17.6 Å². The zero-order valence-corrected chi connectivity index (χ0v) is 12.2. The maximum atomic E-state index is 5.63. The Kier molecular flexibility index (Phi) is 4.34. The Morgan fingerprint density at radius 1 is 1.25 bits per heavy atom. The van der Waals surface area contributed by atoms with Crippen LogP contribution in [0.5, 0.6) is 11.8 Å². The monoisotopic (exact) mass is 277 g/mol. The zero-order valence-electron chi connectivity index (χ0n) is 12.2. The normalized spacial score (nSPS) is 10.4. The van der Waals surface area contributed by atoms with Crippen LogP contribution < -0.4 is 15.0 Å². The minimum Gasteiger partial charge on any atom is -0.421 e. The lowest BCUT2D eigenvalue weighted by atomic mass is 10.6. The molecule has 0 amide bonds. The highest BCUT2D eigenvalue weighted by Gasteiger charge is 2.10. The molecular formula is C12H19N7O. The predicted octanol–water partition coefficient (Wildman–Crippen LogP) is 1.38. The average molecular weight is 277 g/mol. The molecule has 0 bridgehead atoms. The Bertz CT molecular complexity index is 567. The van der Waals surface area contributed by atoms with E-state index in [1.54, 1.807) is 22.0 Å². The fourth-order valence-corrected chi connectivity index (χ4v) is 1.50. The molecule has 0 spiro atoms. The summed E-state index contributed by atoms with van der Waals surface area (Å²) in [5, 5.41) is 7.20. The van der Waals surface area contributed by atoms with Crippen molar-refractivity contribution in [3.05, 3.63) is 12.4 Å². The summed E-state index contributed by atoms with van der Waals surface area (Å²) in [6.45, 7) is 5.49. The molecular weight excluding hydrogens is 258 g/mol. The molecule has 2 heterocycles. The molecule has 20 heavy (non-hydrogen) atoms. The summed E-state index contributed by atoms with van der Waals surface area (Å²) in [4.78, 5) is 14.5. The molecule has 0 aliphatic carbocycles. The van der Waals surface area contributed by atoms with Gasteiger partial charge in [-0.25, -0.2) is 0 Å². The molecule has 0 saturated carbocycles. The third-order valence-electron chi connectivity index (χ3n) is 2.48. The van der Waals surface area contributed by atoms with Crippen LogP contribution in [-0.4, -0.2) is 45.4 Å². The average Bonchev–Trinajstić information content (AvgIpc) is 2.86. The van der Waals surface area contributed by atoms with Crippen molar-refractivity contribution in [2.45, 2.75) is 20.4 Å². The lowest BCUT2D eigenvalue weighted by Crippen LogP contribution is -2.15. The number of anilines is 2. The van der Waals surface area contributed by atoms with Crippen LogP contribution in [-0.2, 0) is 6.54 Å². The summed E-state index contributed by atoms with van der Waals surface area (Å²) in [6.07, 6.45) is 3.43. The molecule has 0 aliphatic rings. The number of aromatic nitrogens is 5. The summed E-state index contributed by atoms with van der Waals surface area (Å²) >= 11 is 0. The van der Waals surface area contributed by atoms with Crippen LogP contribution in [0.25, 0.3) is 0 Å². The first-order valence-electron chi connectivity index (χ1n) is 6.50. The van der Waals surface area contributed by atoms with E-state index in [1.165, 1.54) is 0 Å². The van der Waals surface area contributed by atoms with Crippen LogP contribution in [0.4, 0.5) is 11.9 Å². The van der Waals surface area contributed by atoms with Gasteiger partial charge in [0.15, 0.2) is 5.75 Å². The van der Waals surface area contributed by atoms with Crippen LogP contribution in [0.3, 0.4) is 0 Å². The van der Waals surface area contributed by atoms with E-state index >= 15 is 0 Å². The third kappa shape index (κ3) is 3.34. The van der Waals surface area contributed by atoms with E-state index in [9.17, 15) is 0 Å². The van der Waals surface area contributed by atoms with Gasteiger partial charge in [-0.05, 0) is 13.8 Å². The van der Waals surface area contributed by atoms with Gasteiger partial charge in [-0.3, -0.25) is 4.68 Å². The van der Waals surface area contributed by atoms with Crippen LogP contribution in [0.15, 0.2) is 12.4 Å². The van der Waals surface area contributed by atoms with Crippen molar-refractivity contribution in [1.29, 1.82) is 0 Å². The van der Waals surface area contributed by atoms with Gasteiger partial charge in [-0.1, -0.05) is 0 Å². The standard InChI is InChI=1S/C12H19N7O/c1-5-13-10-15-11(18(3)4)17-12(16-10)20-9-7-14-19(6-2)8-9/h7-8H,5-6H2,1-4H3,(H,13,15,16,17). The van der Waals surface area contributed by atoms with Gasteiger partial charge in [0.05, 0.1) is 12.4 Å². The van der Waals surface area contributed by atoms with Crippen molar-refractivity contribution in [3.63, 3.8) is 0 Å². The van der Waals surface area contributed by atoms with Gasteiger partial charge in [0.1, 0.15) is 0 Å². The summed E-state index contributed by atoms with van der Waals surface area (Å²) < 4.78 is 7.40. The van der Waals surface area contributed by atoms with Gasteiger partial charge >= 0.3 is 6.01 Å². The summed E-state index contributed by atoms with van der Waals surface area (Å²) in [6, 6.07) is 0.246. The van der Waals surface area contributed by atoms with Gasteiger partial charge < -0.3 is 15.0 Å². The molecule has 8 nitrogen and oxygen atoms in total. The molecule has 0 aromatic carbocycles. The molecule has 0 fully saturated rings. The molecule has 1 N–H and O–H groups in total. The van der Waals surface area contributed by atoms with Crippen LogP contribution >= 0.6 is 0 Å². The van der Waals surface area contributed by atoms with Crippen LogP contribution in [0.1, 0.15) is 13.8 Å². The molecule has 2 rings (SSSR count). The fourth-order valence-electron chi connectivity index (χ4n) is 1.50. The highest BCUT2D eigenvalue weighted by atomic mass is 16.5. The topological polar surface area (TPSA) is 81.0 Å². The number of hydrogen-bond donors (Lipinski definition) is 1. The minimum absolute atomic E-state index is 0.246. The number of rotatable bonds is 6. The molecule has 0 radical (unpaired) electrons. The number of aryl methyl sites for hydroxylation is 1. The van der Waals surface area contributed by atoms with E-state index in [4.69, 9.17) is 4.74 Å². The summed E-state index contributed by atoms with van der Waals surface area (Å²) in [5.74, 6) is 1.63. The zero-order chi connectivity index (χ0) is 14.5. The lowest BCUT2D eigenvalue weighted by Gasteiger charge is -2.12. The van der Waals surface area contributed by atoms with Crippen molar-refractivity contribution < 1.29 is 4.74 Å². The van der Waals surface area contributed by atoms with E-state index in [1.807, 2.05) is 27.9 Å². The summed E-state index contributed by atoms with van der Waals surface area (Å²) in [7, 11) is 3.73. The number of hydrogen-bond acceptors (Lipinski definition) is 7. The first-order valence-corrected chi connectivity index (χ1v) is 6.50. The molecule has 2 aromatic rings. The van der Waals surface area contributed by atoms with E-state index in [-0.39, 0.29) is 6.01 Å². The SMILES string of the molecule is CCNc1nc(Oc2cnn(CC)c2)nc(N(C)C)n1. The maximum Gasteiger partial charge on any atom is 0.328 e. The molecule has 8 heteroatoms. The highest BCUT2D eigenvalue weighted by molar-refractivity contribution is 5.37. The maximum absolute atomic E-state index is 5.63. The van der Waals surface area contributed by atoms with Gasteiger partial charge in [0.2, 0.25) is 11.9 Å². The van der Waals surface area contributed by atoms with Gasteiger partial charge in [-0.15, -0.1) is 0 Å². The largest absolute Gasteiger partial charge is 0.421 e. The first kappa shape index (κ1) is 14.0. The van der Waals surface area contributed by atoms with E-state index < -0.39 is 0 Å². The molecule has 0 saturated heterocycles. The quantitative estimate of drug-likeness (QED) is 0.854. The van der Waals surface area contributed by atoms with Crippen molar-refractivity contribution in [1.82, 2.24) is 24.7 Å². The molecule has 108 valence electrons. The third-order valence-corrected chi connectivity index (χ3v) is 2.48. The number of ether oxygens (including phenoxy) is 1. The van der Waals surface area contributed by atoms with Crippen LogP contribution in [0, 0.1) is 0 Å². The fraction of sp³-hybridized carbons (Fsp3) is 0.500. The van der Waals surface area contributed by atoms with Crippen molar-refractivity contribution in [3.8, 4) is 11.8 Å². The number of nitrogens with one attached hydrogen (secondary N) is 1. The molecule has 0 atom stereocenters. The Morgan fingerprint density at radius 3 is 2.65 bits per heavy atom. The Hall–Kier alpha value is -2.38. The predicted molar refractivity (Wildman–Crippen MR) is 76.3 cm³/mol.